The third kappa shape index (κ3) is 9.94. The first-order chi connectivity index (χ1) is 8.68. The first-order valence-corrected chi connectivity index (χ1v) is 8.32. The number of rotatable bonds is 9. The zero-order valence-corrected chi connectivity index (χ0v) is 13.4. The fourth-order valence-electron chi connectivity index (χ4n) is 2.37. The van der Waals surface area contributed by atoms with Crippen molar-refractivity contribution >= 4 is 0 Å². The van der Waals surface area contributed by atoms with Gasteiger partial charge in [0.05, 0.1) is 5.60 Å². The van der Waals surface area contributed by atoms with Crippen molar-refractivity contribution in [2.75, 3.05) is 6.61 Å². The molecule has 1 rings (SSSR count). The second kappa shape index (κ2) is 12.0. The molecule has 0 heterocycles. The van der Waals surface area contributed by atoms with E-state index in [1.54, 1.807) is 0 Å². The van der Waals surface area contributed by atoms with Crippen LogP contribution < -0.4 is 0 Å². The average molecular weight is 256 g/mol. The molecule has 0 saturated heterocycles. The zero-order chi connectivity index (χ0) is 13.7. The van der Waals surface area contributed by atoms with Gasteiger partial charge in [0.15, 0.2) is 0 Å². The van der Waals surface area contributed by atoms with E-state index in [1.807, 2.05) is 0 Å². The van der Waals surface area contributed by atoms with Gasteiger partial charge in [-0.25, -0.2) is 0 Å². The lowest BCUT2D eigenvalue weighted by Gasteiger charge is -2.37. The van der Waals surface area contributed by atoms with Crippen LogP contribution in [-0.4, -0.2) is 12.2 Å². The molecule has 0 bridgehead atoms. The maximum absolute atomic E-state index is 5.47. The van der Waals surface area contributed by atoms with Crippen molar-refractivity contribution in [3.63, 3.8) is 0 Å². The smallest absolute Gasteiger partial charge is 0.0654 e. The number of hydrogen-bond donors (Lipinski definition) is 0. The van der Waals surface area contributed by atoms with E-state index in [1.165, 1.54) is 70.6 Å². The summed E-state index contributed by atoms with van der Waals surface area (Å²) in [6.07, 6.45) is 15.3. The molecule has 0 amide bonds. The molecule has 110 valence electrons. The second-order valence-corrected chi connectivity index (χ2v) is 5.86. The molecular weight excluding hydrogens is 220 g/mol. The molecule has 18 heavy (non-hydrogen) atoms. The Morgan fingerprint density at radius 2 is 1.22 bits per heavy atom. The lowest BCUT2D eigenvalue weighted by atomic mass is 9.82. The van der Waals surface area contributed by atoms with Crippen molar-refractivity contribution in [2.24, 2.45) is 0 Å². The molecule has 0 atom stereocenters. The van der Waals surface area contributed by atoms with Gasteiger partial charge in [-0.05, 0) is 33.1 Å². The molecule has 1 fully saturated rings. The van der Waals surface area contributed by atoms with Crippen molar-refractivity contribution in [1.82, 2.24) is 0 Å². The van der Waals surface area contributed by atoms with Crippen molar-refractivity contribution in [2.45, 2.75) is 104 Å². The van der Waals surface area contributed by atoms with E-state index in [9.17, 15) is 0 Å². The van der Waals surface area contributed by atoms with Gasteiger partial charge in [0, 0.05) is 6.61 Å². The molecule has 0 spiro atoms. The van der Waals surface area contributed by atoms with Crippen molar-refractivity contribution in [3.05, 3.63) is 0 Å². The van der Waals surface area contributed by atoms with E-state index in [0.29, 0.717) is 0 Å². The standard InChI is InChI=1S/C10H22.C7H14O/c1-3-5-7-9-10-8-6-4-2;1-3-8-7(2)5-4-6-7/h3-10H2,1-2H3;3-6H2,1-2H3. The Bertz CT molecular complexity index is 153. The van der Waals surface area contributed by atoms with E-state index >= 15 is 0 Å². The SMILES string of the molecule is CCCCCCCCCC.CCOC1(C)CCC1. The van der Waals surface area contributed by atoms with Gasteiger partial charge in [-0.3, -0.25) is 0 Å². The highest BCUT2D eigenvalue weighted by molar-refractivity contribution is 4.84. The highest BCUT2D eigenvalue weighted by atomic mass is 16.5. The molecule has 1 aliphatic rings. The van der Waals surface area contributed by atoms with E-state index in [2.05, 4.69) is 27.7 Å². The summed E-state index contributed by atoms with van der Waals surface area (Å²) in [5.74, 6) is 0. The average Bonchev–Trinajstić information content (AvgIpc) is 2.33. The number of unbranched alkanes of at least 4 members (excludes halogenated alkanes) is 7. The molecule has 0 aromatic heterocycles. The van der Waals surface area contributed by atoms with Crippen molar-refractivity contribution in [3.8, 4) is 0 Å². The third-order valence-electron chi connectivity index (χ3n) is 3.86. The van der Waals surface area contributed by atoms with Gasteiger partial charge < -0.3 is 4.74 Å². The fraction of sp³-hybridized carbons (Fsp3) is 1.00. The lowest BCUT2D eigenvalue weighted by Crippen LogP contribution is -2.36. The fourth-order valence-corrected chi connectivity index (χ4v) is 2.37. The Labute approximate surface area is 116 Å². The maximum atomic E-state index is 5.47. The van der Waals surface area contributed by atoms with Gasteiger partial charge in [-0.15, -0.1) is 0 Å². The van der Waals surface area contributed by atoms with E-state index in [4.69, 9.17) is 4.74 Å². The van der Waals surface area contributed by atoms with Crippen molar-refractivity contribution < 1.29 is 4.74 Å². The van der Waals surface area contributed by atoms with Crippen LogP contribution in [0, 0.1) is 0 Å². The van der Waals surface area contributed by atoms with Crippen LogP contribution in [0.1, 0.15) is 98.3 Å². The first-order valence-electron chi connectivity index (χ1n) is 8.32. The van der Waals surface area contributed by atoms with Gasteiger partial charge in [-0.1, -0.05) is 65.2 Å². The van der Waals surface area contributed by atoms with E-state index in [-0.39, 0.29) is 5.60 Å². The van der Waals surface area contributed by atoms with Crippen LogP contribution in [0.15, 0.2) is 0 Å². The summed E-state index contributed by atoms with van der Waals surface area (Å²) in [5, 5.41) is 0. The Kier molecular flexibility index (Phi) is 12.0. The molecule has 0 radical (unpaired) electrons. The predicted octanol–water partition coefficient (Wildman–Crippen LogP) is 6.11. The van der Waals surface area contributed by atoms with Gasteiger partial charge in [0.2, 0.25) is 0 Å². The molecule has 0 aromatic carbocycles. The molecule has 0 aromatic rings. The van der Waals surface area contributed by atoms with Crippen LogP contribution in [-0.2, 0) is 4.74 Å². The zero-order valence-electron chi connectivity index (χ0n) is 13.4. The van der Waals surface area contributed by atoms with Gasteiger partial charge in [0.25, 0.3) is 0 Å². The molecule has 1 nitrogen and oxygen atoms in total. The van der Waals surface area contributed by atoms with Crippen molar-refractivity contribution in [1.29, 1.82) is 0 Å². The molecule has 0 N–H and O–H groups in total. The second-order valence-electron chi connectivity index (χ2n) is 5.86. The Morgan fingerprint density at radius 1 is 0.778 bits per heavy atom. The van der Waals surface area contributed by atoms with E-state index < -0.39 is 0 Å². The largest absolute Gasteiger partial charge is 0.376 e. The summed E-state index contributed by atoms with van der Waals surface area (Å²) in [6.45, 7) is 9.66. The van der Waals surface area contributed by atoms with Crippen LogP contribution in [0.3, 0.4) is 0 Å². The van der Waals surface area contributed by atoms with Gasteiger partial charge >= 0.3 is 0 Å². The molecule has 0 unspecified atom stereocenters. The normalized spacial score (nSPS) is 16.7. The van der Waals surface area contributed by atoms with Crippen LogP contribution >= 0.6 is 0 Å². The third-order valence-corrected chi connectivity index (χ3v) is 3.86. The van der Waals surface area contributed by atoms with Crippen LogP contribution in [0.4, 0.5) is 0 Å². The Hall–Kier alpha value is -0.0400. The monoisotopic (exact) mass is 256 g/mol. The summed E-state index contributed by atoms with van der Waals surface area (Å²) in [4.78, 5) is 0. The molecule has 0 aliphatic heterocycles. The number of hydrogen-bond acceptors (Lipinski definition) is 1. The Balaban J connectivity index is 0.000000327. The molecular formula is C17H36O. The summed E-state index contributed by atoms with van der Waals surface area (Å²) in [6, 6.07) is 0. The Morgan fingerprint density at radius 3 is 1.44 bits per heavy atom. The minimum atomic E-state index is 0.273. The highest BCUT2D eigenvalue weighted by Gasteiger charge is 2.31. The lowest BCUT2D eigenvalue weighted by molar-refractivity contribution is -0.0798. The molecule has 1 aliphatic carbocycles. The van der Waals surface area contributed by atoms with E-state index in [0.717, 1.165) is 6.61 Å². The quantitative estimate of drug-likeness (QED) is 0.452. The minimum absolute atomic E-state index is 0.273. The minimum Gasteiger partial charge on any atom is -0.376 e. The highest BCUT2D eigenvalue weighted by Crippen LogP contribution is 2.34. The van der Waals surface area contributed by atoms with Gasteiger partial charge in [-0.2, -0.15) is 0 Å². The van der Waals surface area contributed by atoms with Gasteiger partial charge in [0.1, 0.15) is 0 Å². The summed E-state index contributed by atoms with van der Waals surface area (Å²) in [5.41, 5.74) is 0.273. The van der Waals surface area contributed by atoms with Crippen LogP contribution in [0.25, 0.3) is 0 Å². The maximum Gasteiger partial charge on any atom is 0.0654 e. The molecule has 1 saturated carbocycles. The number of ether oxygens (including phenoxy) is 1. The van der Waals surface area contributed by atoms with Crippen LogP contribution in [0.2, 0.25) is 0 Å². The predicted molar refractivity (Wildman–Crippen MR) is 82.2 cm³/mol. The molecule has 1 heteroatoms. The summed E-state index contributed by atoms with van der Waals surface area (Å²) < 4.78 is 5.47. The topological polar surface area (TPSA) is 9.23 Å². The summed E-state index contributed by atoms with van der Waals surface area (Å²) in [7, 11) is 0. The summed E-state index contributed by atoms with van der Waals surface area (Å²) >= 11 is 0. The first kappa shape index (κ1) is 18.0. The van der Waals surface area contributed by atoms with Crippen LogP contribution in [0.5, 0.6) is 0 Å².